The van der Waals surface area contributed by atoms with E-state index in [0.29, 0.717) is 28.9 Å². The van der Waals surface area contributed by atoms with Crippen LogP contribution in [0.1, 0.15) is 29.3 Å². The number of hydrogen-bond donors (Lipinski definition) is 2. The number of fused-ring (bicyclic) bond motifs is 1. The quantitative estimate of drug-likeness (QED) is 0.276. The highest BCUT2D eigenvalue weighted by Gasteiger charge is 2.26. The molecule has 186 valence electrons. The van der Waals surface area contributed by atoms with Crippen molar-refractivity contribution in [3.63, 3.8) is 0 Å². The van der Waals surface area contributed by atoms with E-state index in [-0.39, 0.29) is 35.9 Å². The van der Waals surface area contributed by atoms with Crippen LogP contribution in [0.2, 0.25) is 0 Å². The number of alkyl halides is 1. The first kappa shape index (κ1) is 24.3. The summed E-state index contributed by atoms with van der Waals surface area (Å²) in [5.74, 6) is 0.900. The van der Waals surface area contributed by atoms with E-state index in [1.807, 2.05) is 6.07 Å². The van der Waals surface area contributed by atoms with Gasteiger partial charge in [-0.3, -0.25) is 14.1 Å². The molecule has 4 aromatic rings. The maximum atomic E-state index is 13.7. The number of thiophene rings is 1. The van der Waals surface area contributed by atoms with Crippen LogP contribution in [-0.2, 0) is 0 Å². The molecule has 1 saturated heterocycles. The number of likely N-dealkylation sites (tertiary alicyclic amines) is 1. The van der Waals surface area contributed by atoms with Gasteiger partial charge in [-0.05, 0) is 92.2 Å². The molecule has 0 saturated carbocycles. The molecule has 7 heteroatoms. The normalized spacial score (nSPS) is 16.9. The molecule has 1 fully saturated rings. The van der Waals surface area contributed by atoms with Crippen molar-refractivity contribution in [3.05, 3.63) is 77.9 Å². The predicted octanol–water partition coefficient (Wildman–Crippen LogP) is 6.27. The van der Waals surface area contributed by atoms with E-state index in [1.165, 1.54) is 11.3 Å². The van der Waals surface area contributed by atoms with Crippen molar-refractivity contribution >= 4 is 27.2 Å². The number of carbonyl (C=O) groups excluding carboxylic acids is 1. The van der Waals surface area contributed by atoms with Crippen LogP contribution in [0.25, 0.3) is 20.5 Å². The molecule has 36 heavy (non-hydrogen) atoms. The Kier molecular flexibility index (Phi) is 6.94. The molecular weight excluding hydrogens is 477 g/mol. The first-order valence-electron chi connectivity index (χ1n) is 12.1. The maximum absolute atomic E-state index is 13.7. The molecule has 2 heterocycles. The third kappa shape index (κ3) is 4.94. The van der Waals surface area contributed by atoms with E-state index in [2.05, 4.69) is 11.8 Å². The topological polar surface area (TPSA) is 70.0 Å². The average molecular weight is 506 g/mol. The van der Waals surface area contributed by atoms with Gasteiger partial charge in [0.2, 0.25) is 0 Å². The van der Waals surface area contributed by atoms with Gasteiger partial charge in [0.1, 0.15) is 23.9 Å². The number of phenolic OH excluding ortho intramolecular Hbond substituents is 2. The van der Waals surface area contributed by atoms with Gasteiger partial charge in [0, 0.05) is 44.6 Å². The van der Waals surface area contributed by atoms with Crippen molar-refractivity contribution in [3.8, 4) is 27.7 Å². The van der Waals surface area contributed by atoms with E-state index < -0.39 is 0 Å². The van der Waals surface area contributed by atoms with Gasteiger partial charge < -0.3 is 14.9 Å². The molecule has 1 aliphatic heterocycles. The lowest BCUT2D eigenvalue weighted by Crippen LogP contribution is -2.35. The Balaban J connectivity index is 1.37. The number of ether oxygens (including phenoxy) is 1. The zero-order valence-corrected chi connectivity index (χ0v) is 20.8. The molecule has 0 spiro atoms. The van der Waals surface area contributed by atoms with Gasteiger partial charge in [-0.15, -0.1) is 11.3 Å². The smallest absolute Gasteiger partial charge is 0.195 e. The standard InChI is InChI=1S/C29H28FNO4S/c1-18(31-13-12-19(15-30)16-31)17-35-24-9-4-20(5-10-24)28(34)27-25-14-23(33)8-11-26(25)36-29(27)21-2-6-22(32)7-3-21/h2-11,14,18-19,32-33H,12-13,15-17H2,1H3. The molecule has 3 aromatic carbocycles. The maximum Gasteiger partial charge on any atom is 0.195 e. The second kappa shape index (κ2) is 10.3. The molecule has 2 N–H and O–H groups in total. The Morgan fingerprint density at radius 2 is 1.81 bits per heavy atom. The number of carbonyl (C=O) groups is 1. The summed E-state index contributed by atoms with van der Waals surface area (Å²) in [6, 6.07) is 19.1. The Morgan fingerprint density at radius 3 is 2.50 bits per heavy atom. The van der Waals surface area contributed by atoms with Crippen molar-refractivity contribution in [1.82, 2.24) is 4.90 Å². The van der Waals surface area contributed by atoms with Crippen LogP contribution in [0.15, 0.2) is 66.7 Å². The van der Waals surface area contributed by atoms with Gasteiger partial charge >= 0.3 is 0 Å². The minimum Gasteiger partial charge on any atom is -0.508 e. The first-order chi connectivity index (χ1) is 17.4. The second-order valence-electron chi connectivity index (χ2n) is 9.35. The summed E-state index contributed by atoms with van der Waals surface area (Å²) in [5, 5.41) is 20.5. The fourth-order valence-electron chi connectivity index (χ4n) is 4.69. The lowest BCUT2D eigenvalue weighted by Gasteiger charge is -2.24. The van der Waals surface area contributed by atoms with Gasteiger partial charge in [-0.2, -0.15) is 0 Å². The summed E-state index contributed by atoms with van der Waals surface area (Å²) < 4.78 is 19.8. The van der Waals surface area contributed by atoms with Crippen LogP contribution in [0.5, 0.6) is 17.2 Å². The number of rotatable bonds is 8. The van der Waals surface area contributed by atoms with E-state index in [4.69, 9.17) is 4.74 Å². The summed E-state index contributed by atoms with van der Waals surface area (Å²) in [7, 11) is 0. The summed E-state index contributed by atoms with van der Waals surface area (Å²) in [4.78, 5) is 16.7. The number of benzene rings is 3. The van der Waals surface area contributed by atoms with Crippen LogP contribution in [-0.4, -0.2) is 53.3 Å². The van der Waals surface area contributed by atoms with Crippen molar-refractivity contribution in [2.24, 2.45) is 5.92 Å². The molecule has 1 aliphatic rings. The van der Waals surface area contributed by atoms with Crippen LogP contribution in [0, 0.1) is 5.92 Å². The Bertz CT molecular complexity index is 1370. The minimum atomic E-state index is -0.271. The molecule has 1 aromatic heterocycles. The van der Waals surface area contributed by atoms with Crippen molar-refractivity contribution in [1.29, 1.82) is 0 Å². The Labute approximate surface area is 213 Å². The highest BCUT2D eigenvalue weighted by molar-refractivity contribution is 7.22. The van der Waals surface area contributed by atoms with Crippen molar-refractivity contribution in [2.45, 2.75) is 19.4 Å². The van der Waals surface area contributed by atoms with Crippen LogP contribution in [0.3, 0.4) is 0 Å². The lowest BCUT2D eigenvalue weighted by molar-refractivity contribution is 0.104. The van der Waals surface area contributed by atoms with Crippen LogP contribution >= 0.6 is 11.3 Å². The summed E-state index contributed by atoms with van der Waals surface area (Å²) in [5.41, 5.74) is 1.86. The predicted molar refractivity (Wildman–Crippen MR) is 141 cm³/mol. The summed E-state index contributed by atoms with van der Waals surface area (Å²) in [6.45, 7) is 3.96. The zero-order chi connectivity index (χ0) is 25.2. The molecule has 2 atom stereocenters. The summed E-state index contributed by atoms with van der Waals surface area (Å²) >= 11 is 1.48. The second-order valence-corrected chi connectivity index (χ2v) is 10.4. The first-order valence-corrected chi connectivity index (χ1v) is 12.9. The van der Waals surface area contributed by atoms with Crippen LogP contribution < -0.4 is 4.74 Å². The van der Waals surface area contributed by atoms with Crippen molar-refractivity contribution < 1.29 is 24.1 Å². The fourth-order valence-corrected chi connectivity index (χ4v) is 5.87. The number of ketones is 1. The van der Waals surface area contributed by atoms with Gasteiger partial charge in [-0.25, -0.2) is 0 Å². The monoisotopic (exact) mass is 505 g/mol. The Morgan fingerprint density at radius 1 is 1.08 bits per heavy atom. The average Bonchev–Trinajstić information content (AvgIpc) is 3.52. The lowest BCUT2D eigenvalue weighted by atomic mass is 9.97. The van der Waals surface area contributed by atoms with Gasteiger partial charge in [0.15, 0.2) is 5.78 Å². The molecule has 0 aliphatic carbocycles. The molecule has 0 radical (unpaired) electrons. The van der Waals surface area contributed by atoms with E-state index >= 15 is 0 Å². The fraction of sp³-hybridized carbons (Fsp3) is 0.276. The minimum absolute atomic E-state index is 0.0975. The molecule has 2 unspecified atom stereocenters. The molecule has 5 rings (SSSR count). The molecular formula is C29H28FNO4S. The molecule has 0 bridgehead atoms. The molecule has 5 nitrogen and oxygen atoms in total. The number of hydrogen-bond acceptors (Lipinski definition) is 6. The van der Waals surface area contributed by atoms with Gasteiger partial charge in [0.05, 0.1) is 6.67 Å². The highest BCUT2D eigenvalue weighted by Crippen LogP contribution is 2.41. The van der Waals surface area contributed by atoms with Crippen LogP contribution in [0.4, 0.5) is 4.39 Å². The summed E-state index contributed by atoms with van der Waals surface area (Å²) in [6.07, 6.45) is 0.888. The number of nitrogens with zero attached hydrogens (tertiary/aromatic N) is 1. The van der Waals surface area contributed by atoms with Crippen molar-refractivity contribution in [2.75, 3.05) is 26.4 Å². The largest absolute Gasteiger partial charge is 0.508 e. The van der Waals surface area contributed by atoms with E-state index in [0.717, 1.165) is 34.7 Å². The van der Waals surface area contributed by atoms with E-state index in [9.17, 15) is 19.4 Å². The third-order valence-electron chi connectivity index (χ3n) is 6.79. The zero-order valence-electron chi connectivity index (χ0n) is 20.0. The number of halogens is 1. The Hall–Kier alpha value is -3.42. The van der Waals surface area contributed by atoms with Gasteiger partial charge in [0.25, 0.3) is 0 Å². The SMILES string of the molecule is CC(COc1ccc(C(=O)c2c(-c3ccc(O)cc3)sc3ccc(O)cc23)cc1)N1CCC(CF)C1. The third-order valence-corrected chi connectivity index (χ3v) is 8.01. The number of aromatic hydroxyl groups is 2. The van der Waals surface area contributed by atoms with E-state index in [1.54, 1.807) is 60.7 Å². The molecule has 0 amide bonds. The van der Waals surface area contributed by atoms with Gasteiger partial charge in [-0.1, -0.05) is 0 Å². The highest BCUT2D eigenvalue weighted by atomic mass is 32.1. The number of phenols is 2.